The van der Waals surface area contributed by atoms with E-state index < -0.39 is 18.2 Å². The van der Waals surface area contributed by atoms with Gasteiger partial charge in [0, 0.05) is 43.0 Å². The third kappa shape index (κ3) is 5.47. The first-order chi connectivity index (χ1) is 17.9. The van der Waals surface area contributed by atoms with Crippen molar-refractivity contribution in [1.82, 2.24) is 20.1 Å². The molecular weight excluding hydrogens is 519 g/mol. The maximum Gasteiger partial charge on any atom is 0.277 e. The Bertz CT molecular complexity index is 1350. The summed E-state index contributed by atoms with van der Waals surface area (Å²) < 4.78 is 13.9. The van der Waals surface area contributed by atoms with Crippen LogP contribution in [0.4, 0.5) is 0 Å². The zero-order chi connectivity index (χ0) is 25.9. The van der Waals surface area contributed by atoms with Crippen LogP contribution >= 0.6 is 23.2 Å². The average Bonchev–Trinajstić information content (AvgIpc) is 3.49. The molecule has 3 atom stereocenters. The van der Waals surface area contributed by atoms with E-state index in [9.17, 15) is 4.79 Å². The Morgan fingerprint density at radius 2 is 2.11 bits per heavy atom. The highest BCUT2D eigenvalue weighted by Gasteiger charge is 2.26. The van der Waals surface area contributed by atoms with Gasteiger partial charge in [-0.2, -0.15) is 5.10 Å². The molecule has 0 aliphatic carbocycles. The molecule has 12 heteroatoms. The molecule has 4 heterocycles. The maximum absolute atomic E-state index is 13.3. The average molecular weight is 545 g/mol. The lowest BCUT2D eigenvalue weighted by Crippen LogP contribution is -2.31. The minimum absolute atomic E-state index is 0.0414. The molecule has 10 nitrogen and oxygen atoms in total. The van der Waals surface area contributed by atoms with Crippen LogP contribution < -0.4 is 10.1 Å². The number of amidine groups is 1. The number of fused-ring (bicyclic) bond motifs is 1. The number of ether oxygens (including phenoxy) is 2. The number of carbonyl (C=O) groups excluding carboxylic acids is 1. The van der Waals surface area contributed by atoms with E-state index in [-0.39, 0.29) is 18.5 Å². The van der Waals surface area contributed by atoms with Crippen molar-refractivity contribution in [1.29, 1.82) is 0 Å². The minimum atomic E-state index is -0.470. The van der Waals surface area contributed by atoms with Gasteiger partial charge in [-0.1, -0.05) is 23.2 Å². The Morgan fingerprint density at radius 1 is 1.30 bits per heavy atom. The summed E-state index contributed by atoms with van der Waals surface area (Å²) >= 11 is 12.6. The van der Waals surface area contributed by atoms with Crippen molar-refractivity contribution in [2.45, 2.75) is 51.1 Å². The van der Waals surface area contributed by atoms with Gasteiger partial charge >= 0.3 is 0 Å². The van der Waals surface area contributed by atoms with Gasteiger partial charge in [-0.05, 0) is 44.4 Å². The first-order valence-corrected chi connectivity index (χ1v) is 12.8. The van der Waals surface area contributed by atoms with E-state index in [1.165, 1.54) is 18.6 Å². The van der Waals surface area contributed by atoms with Gasteiger partial charge in [0.25, 0.3) is 5.91 Å². The summed E-state index contributed by atoms with van der Waals surface area (Å²) in [6.07, 6.45) is 6.57. The molecule has 2 aromatic heterocycles. The fraction of sp³-hybridized carbons (Fsp3) is 0.400. The number of halogens is 2. The van der Waals surface area contributed by atoms with Crippen LogP contribution in [0.5, 0.6) is 5.75 Å². The molecule has 3 aromatic rings. The van der Waals surface area contributed by atoms with Crippen LogP contribution in [-0.4, -0.2) is 57.2 Å². The summed E-state index contributed by atoms with van der Waals surface area (Å²) in [6.45, 7) is 2.43. The van der Waals surface area contributed by atoms with Gasteiger partial charge in [-0.25, -0.2) is 9.67 Å². The van der Waals surface area contributed by atoms with Gasteiger partial charge in [-0.15, -0.1) is 0 Å². The third-order valence-electron chi connectivity index (χ3n) is 6.22. The predicted molar refractivity (Wildman–Crippen MR) is 141 cm³/mol. The van der Waals surface area contributed by atoms with Crippen molar-refractivity contribution in [2.24, 2.45) is 9.98 Å². The Balaban J connectivity index is 1.47. The number of rotatable bonds is 7. The van der Waals surface area contributed by atoms with Crippen LogP contribution in [-0.2, 0) is 4.74 Å². The van der Waals surface area contributed by atoms with E-state index in [1.54, 1.807) is 10.7 Å². The van der Waals surface area contributed by atoms with Gasteiger partial charge in [0.05, 0.1) is 21.8 Å². The number of aromatic nitrogens is 3. The van der Waals surface area contributed by atoms with E-state index >= 15 is 0 Å². The second-order valence-electron chi connectivity index (χ2n) is 8.81. The van der Waals surface area contributed by atoms with E-state index in [2.05, 4.69) is 25.4 Å². The van der Waals surface area contributed by atoms with Crippen LogP contribution in [0.3, 0.4) is 0 Å². The lowest BCUT2D eigenvalue weighted by molar-refractivity contribution is -0.0368. The van der Waals surface area contributed by atoms with Gasteiger partial charge in [0.15, 0.2) is 11.9 Å². The second kappa shape index (κ2) is 11.1. The van der Waals surface area contributed by atoms with E-state index in [0.717, 1.165) is 24.8 Å². The molecule has 5 rings (SSSR count). The van der Waals surface area contributed by atoms with E-state index in [0.29, 0.717) is 45.6 Å². The lowest BCUT2D eigenvalue weighted by Gasteiger charge is -2.23. The molecule has 2 aliphatic heterocycles. The highest BCUT2D eigenvalue weighted by Crippen LogP contribution is 2.35. The molecule has 1 fully saturated rings. The number of hydrogen-bond donors (Lipinski definition) is 2. The van der Waals surface area contributed by atoms with Crippen molar-refractivity contribution in [3.63, 3.8) is 0 Å². The molecule has 2 N–H and O–H groups in total. The second-order valence-corrected chi connectivity index (χ2v) is 9.62. The Hall–Kier alpha value is -3.05. The summed E-state index contributed by atoms with van der Waals surface area (Å²) in [5.74, 6) is 0.410. The fourth-order valence-corrected chi connectivity index (χ4v) is 5.12. The van der Waals surface area contributed by atoms with Gasteiger partial charge in [0.1, 0.15) is 23.9 Å². The third-order valence-corrected chi connectivity index (χ3v) is 6.82. The summed E-state index contributed by atoms with van der Waals surface area (Å²) in [5, 5.41) is 18.0. The van der Waals surface area contributed by atoms with Crippen LogP contribution in [0.15, 0.2) is 40.6 Å². The number of aliphatic hydroxyl groups is 1. The number of aliphatic hydroxyl groups excluding tert-OH is 1. The molecule has 1 amide bonds. The number of aliphatic imine (C=N–C) groups is 2. The van der Waals surface area contributed by atoms with Crippen molar-refractivity contribution in [3.8, 4) is 5.75 Å². The monoisotopic (exact) mass is 544 g/mol. The summed E-state index contributed by atoms with van der Waals surface area (Å²) in [5.41, 5.74) is 1.58. The summed E-state index contributed by atoms with van der Waals surface area (Å²) in [4.78, 5) is 25.8. The fourth-order valence-electron chi connectivity index (χ4n) is 4.45. The van der Waals surface area contributed by atoms with Gasteiger partial charge in [-0.3, -0.25) is 14.8 Å². The molecule has 0 spiro atoms. The molecular formula is C25H26Cl2N6O4. The van der Waals surface area contributed by atoms with Crippen LogP contribution in [0.1, 0.15) is 61.0 Å². The maximum atomic E-state index is 13.3. The molecule has 3 unspecified atom stereocenters. The molecule has 0 radical (unpaired) electrons. The first kappa shape index (κ1) is 25.6. The van der Waals surface area contributed by atoms with Crippen molar-refractivity contribution in [2.75, 3.05) is 13.2 Å². The van der Waals surface area contributed by atoms with Gasteiger partial charge in [0.2, 0.25) is 0 Å². The van der Waals surface area contributed by atoms with E-state index in [1.807, 2.05) is 19.1 Å². The number of nitrogens with zero attached hydrogens (tertiary/aromatic N) is 5. The van der Waals surface area contributed by atoms with Crippen molar-refractivity contribution >= 4 is 52.1 Å². The molecule has 2 aliphatic rings. The quantitative estimate of drug-likeness (QED) is 0.451. The summed E-state index contributed by atoms with van der Waals surface area (Å²) in [6, 6.07) is 5.45. The number of hydrogen-bond acceptors (Lipinski definition) is 8. The van der Waals surface area contributed by atoms with Crippen LogP contribution in [0, 0.1) is 0 Å². The Morgan fingerprint density at radius 3 is 2.84 bits per heavy atom. The summed E-state index contributed by atoms with van der Waals surface area (Å²) in [7, 11) is 0. The van der Waals surface area contributed by atoms with Gasteiger partial charge < -0.3 is 19.9 Å². The van der Waals surface area contributed by atoms with E-state index in [4.69, 9.17) is 37.8 Å². The zero-order valence-electron chi connectivity index (χ0n) is 20.1. The Labute approximate surface area is 223 Å². The molecule has 194 valence electrons. The molecule has 0 bridgehead atoms. The number of amides is 1. The minimum Gasteiger partial charge on any atom is -0.486 e. The number of pyridine rings is 1. The number of nitrogens with one attached hydrogen (secondary N) is 1. The first-order valence-electron chi connectivity index (χ1n) is 12.1. The zero-order valence-corrected chi connectivity index (χ0v) is 21.6. The SMILES string of the molecule is CC(Oc1ccc2c(c1)c(C(=O)NC1=NC(CCO)N=C1)nn2C1CCCCO1)c1c(Cl)cncc1Cl. The smallest absolute Gasteiger partial charge is 0.277 e. The van der Waals surface area contributed by atoms with Crippen molar-refractivity contribution < 1.29 is 19.4 Å². The number of carbonyl (C=O) groups is 1. The van der Waals surface area contributed by atoms with Crippen LogP contribution in [0.25, 0.3) is 10.9 Å². The standard InChI is InChI=1S/C25H26Cl2N6O4/c1-14(23-17(26)11-28-12-18(23)27)37-15-5-6-19-16(10-15)24(32-33(19)22-4-2-3-9-36-22)25(35)31-21-13-29-20(30-21)7-8-34/h5-6,10-14,20,22,34H,2-4,7-9H2,1H3,(H,30,31,35). The molecule has 37 heavy (non-hydrogen) atoms. The highest BCUT2D eigenvalue weighted by atomic mass is 35.5. The molecule has 0 saturated carbocycles. The number of benzene rings is 1. The van der Waals surface area contributed by atoms with Crippen molar-refractivity contribution in [3.05, 3.63) is 51.9 Å². The topological polar surface area (TPSA) is 123 Å². The Kier molecular flexibility index (Phi) is 7.71. The molecule has 1 saturated heterocycles. The normalized spacial score (nSPS) is 20.2. The lowest BCUT2D eigenvalue weighted by atomic mass is 10.1. The molecule has 1 aromatic carbocycles. The predicted octanol–water partition coefficient (Wildman–Crippen LogP) is 4.50. The largest absolute Gasteiger partial charge is 0.486 e. The highest BCUT2D eigenvalue weighted by molar-refractivity contribution is 6.36. The van der Waals surface area contributed by atoms with Crippen LogP contribution in [0.2, 0.25) is 10.0 Å².